The van der Waals surface area contributed by atoms with E-state index in [2.05, 4.69) is 4.90 Å². The van der Waals surface area contributed by atoms with Crippen molar-refractivity contribution in [3.8, 4) is 5.75 Å². The normalized spacial score (nSPS) is 14.3. The van der Waals surface area contributed by atoms with Gasteiger partial charge in [0.15, 0.2) is 11.6 Å². The number of benzene rings is 2. The third kappa shape index (κ3) is 6.02. The maximum absolute atomic E-state index is 14.1. The number of carbonyl (C=O) groups excluding carboxylic acids is 1. The molecule has 4 rings (SSSR count). The summed E-state index contributed by atoms with van der Waals surface area (Å²) in [5.41, 5.74) is 1.59. The summed E-state index contributed by atoms with van der Waals surface area (Å²) in [6.45, 7) is 6.58. The molecular weight excluding hydrogens is 455 g/mol. The Labute approximate surface area is 203 Å². The lowest BCUT2D eigenvalue weighted by molar-refractivity contribution is -0.128. The van der Waals surface area contributed by atoms with Crippen molar-refractivity contribution in [3.05, 3.63) is 59.7 Å². The van der Waals surface area contributed by atoms with Crippen LogP contribution in [0.3, 0.4) is 0 Å². The van der Waals surface area contributed by atoms with E-state index < -0.39 is 5.82 Å². The van der Waals surface area contributed by atoms with Crippen LogP contribution in [-0.2, 0) is 22.6 Å². The molecule has 2 heterocycles. The van der Waals surface area contributed by atoms with Crippen molar-refractivity contribution in [2.24, 2.45) is 0 Å². The van der Waals surface area contributed by atoms with Gasteiger partial charge in [0.05, 0.1) is 38.1 Å². The number of ether oxygens (including phenoxy) is 2. The molecule has 0 radical (unpaired) electrons. The molecule has 3 aromatic rings. The average Bonchev–Trinajstić information content (AvgIpc) is 2.86. The number of aromatic nitrogens is 2. The van der Waals surface area contributed by atoms with E-state index in [1.165, 1.54) is 24.9 Å². The van der Waals surface area contributed by atoms with Gasteiger partial charge in [-0.15, -0.1) is 0 Å². The summed E-state index contributed by atoms with van der Waals surface area (Å²) in [4.78, 5) is 26.6. The lowest BCUT2D eigenvalue weighted by Gasteiger charge is -2.26. The lowest BCUT2D eigenvalue weighted by atomic mass is 10.2. The van der Waals surface area contributed by atoms with Gasteiger partial charge in [-0.05, 0) is 30.7 Å². The number of methoxy groups -OCH3 is 1. The van der Waals surface area contributed by atoms with Crippen LogP contribution < -0.4 is 4.74 Å². The third-order valence-corrected chi connectivity index (χ3v) is 6.72. The van der Waals surface area contributed by atoms with E-state index in [1.807, 2.05) is 31.2 Å². The SMILES string of the molecule is CCN(Cc1ccc(OC)c(F)c1)C(=O)CSc1nc(CN2CCOCC2)nc2ccccc12. The van der Waals surface area contributed by atoms with Gasteiger partial charge in [0.1, 0.15) is 10.9 Å². The first-order valence-corrected chi connectivity index (χ1v) is 12.3. The molecule has 1 amide bonds. The molecule has 9 heteroatoms. The lowest BCUT2D eigenvalue weighted by Crippen LogP contribution is -2.36. The van der Waals surface area contributed by atoms with Crippen LogP contribution in [0.15, 0.2) is 47.5 Å². The second kappa shape index (κ2) is 11.6. The van der Waals surface area contributed by atoms with Crippen LogP contribution in [0.4, 0.5) is 4.39 Å². The number of fused-ring (bicyclic) bond motifs is 1. The van der Waals surface area contributed by atoms with Crippen molar-refractivity contribution in [1.82, 2.24) is 19.8 Å². The highest BCUT2D eigenvalue weighted by molar-refractivity contribution is 8.00. The first-order chi connectivity index (χ1) is 16.6. The van der Waals surface area contributed by atoms with E-state index in [9.17, 15) is 9.18 Å². The van der Waals surface area contributed by atoms with Crippen LogP contribution in [0.1, 0.15) is 18.3 Å². The Balaban J connectivity index is 1.46. The molecule has 0 saturated carbocycles. The zero-order valence-corrected chi connectivity index (χ0v) is 20.3. The summed E-state index contributed by atoms with van der Waals surface area (Å²) in [5, 5.41) is 1.74. The fourth-order valence-corrected chi connectivity index (χ4v) is 4.80. The van der Waals surface area contributed by atoms with Gasteiger partial charge in [-0.25, -0.2) is 14.4 Å². The molecule has 34 heavy (non-hydrogen) atoms. The molecule has 1 aromatic heterocycles. The number of hydrogen-bond acceptors (Lipinski definition) is 7. The average molecular weight is 485 g/mol. The molecule has 0 N–H and O–H groups in total. The highest BCUT2D eigenvalue weighted by Crippen LogP contribution is 2.26. The summed E-state index contributed by atoms with van der Waals surface area (Å²) in [7, 11) is 1.43. The van der Waals surface area contributed by atoms with Crippen LogP contribution in [0.25, 0.3) is 10.9 Å². The zero-order valence-electron chi connectivity index (χ0n) is 19.5. The quantitative estimate of drug-likeness (QED) is 0.338. The number of para-hydroxylation sites is 1. The maximum atomic E-state index is 14.1. The van der Waals surface area contributed by atoms with E-state index in [1.54, 1.807) is 17.0 Å². The molecule has 180 valence electrons. The van der Waals surface area contributed by atoms with Crippen molar-refractivity contribution < 1.29 is 18.7 Å². The van der Waals surface area contributed by atoms with E-state index in [-0.39, 0.29) is 17.4 Å². The Morgan fingerprint density at radius 1 is 1.21 bits per heavy atom. The molecule has 0 aliphatic carbocycles. The minimum absolute atomic E-state index is 0.0267. The Morgan fingerprint density at radius 3 is 2.74 bits per heavy atom. The van der Waals surface area contributed by atoms with Crippen LogP contribution >= 0.6 is 11.8 Å². The minimum Gasteiger partial charge on any atom is -0.494 e. The second-order valence-corrected chi connectivity index (χ2v) is 8.98. The van der Waals surface area contributed by atoms with Crippen LogP contribution in [0.2, 0.25) is 0 Å². The monoisotopic (exact) mass is 484 g/mol. The molecule has 0 spiro atoms. The van der Waals surface area contributed by atoms with E-state index in [0.717, 1.165) is 40.4 Å². The number of carbonyl (C=O) groups is 1. The summed E-state index contributed by atoms with van der Waals surface area (Å²) < 4.78 is 24.5. The minimum atomic E-state index is -0.432. The summed E-state index contributed by atoms with van der Waals surface area (Å²) in [5.74, 6) is 0.720. The van der Waals surface area contributed by atoms with Gasteiger partial charge in [-0.1, -0.05) is 36.0 Å². The predicted octanol–water partition coefficient (Wildman–Crippen LogP) is 3.75. The van der Waals surface area contributed by atoms with Crippen LogP contribution in [0, 0.1) is 5.82 Å². The van der Waals surface area contributed by atoms with Gasteiger partial charge >= 0.3 is 0 Å². The molecule has 2 aromatic carbocycles. The summed E-state index contributed by atoms with van der Waals surface area (Å²) in [6.07, 6.45) is 0. The molecule has 1 fully saturated rings. The van der Waals surface area contributed by atoms with Gasteiger partial charge in [0.25, 0.3) is 0 Å². The molecule has 0 bridgehead atoms. The molecule has 0 atom stereocenters. The Kier molecular flexibility index (Phi) is 8.31. The number of thioether (sulfide) groups is 1. The highest BCUT2D eigenvalue weighted by Gasteiger charge is 2.18. The third-order valence-electron chi connectivity index (χ3n) is 5.74. The van der Waals surface area contributed by atoms with Crippen LogP contribution in [-0.4, -0.2) is 71.4 Å². The number of halogens is 1. The number of morpholine rings is 1. The van der Waals surface area contributed by atoms with E-state index in [0.29, 0.717) is 32.8 Å². The molecule has 7 nitrogen and oxygen atoms in total. The number of rotatable bonds is 9. The fourth-order valence-electron chi connectivity index (χ4n) is 3.86. The predicted molar refractivity (Wildman–Crippen MR) is 130 cm³/mol. The number of nitrogens with zero attached hydrogens (tertiary/aromatic N) is 4. The van der Waals surface area contributed by atoms with Crippen molar-refractivity contribution in [2.75, 3.05) is 45.7 Å². The van der Waals surface area contributed by atoms with Gasteiger partial charge in [-0.2, -0.15) is 0 Å². The van der Waals surface area contributed by atoms with Gasteiger partial charge in [-0.3, -0.25) is 9.69 Å². The maximum Gasteiger partial charge on any atom is 0.233 e. The Bertz CT molecular complexity index is 1140. The first kappa shape index (κ1) is 24.4. The smallest absolute Gasteiger partial charge is 0.233 e. The standard InChI is InChI=1S/C25H29FN4O3S/c1-3-30(15-18-8-9-22(32-2)20(26)14-18)24(31)17-34-25-19-6-4-5-7-21(19)27-23(28-25)16-29-10-12-33-13-11-29/h4-9,14H,3,10-13,15-17H2,1-2H3. The Morgan fingerprint density at radius 2 is 2.00 bits per heavy atom. The molecule has 1 aliphatic rings. The molecule has 0 unspecified atom stereocenters. The highest BCUT2D eigenvalue weighted by atomic mass is 32.2. The summed E-state index contributed by atoms with van der Waals surface area (Å²) in [6, 6.07) is 12.6. The molecular formula is C25H29FN4O3S. The largest absolute Gasteiger partial charge is 0.494 e. The molecule has 1 saturated heterocycles. The van der Waals surface area contributed by atoms with E-state index in [4.69, 9.17) is 19.4 Å². The fraction of sp³-hybridized carbons (Fsp3) is 0.400. The first-order valence-electron chi connectivity index (χ1n) is 11.4. The van der Waals surface area contributed by atoms with Gasteiger partial charge in [0, 0.05) is 31.6 Å². The number of hydrogen-bond donors (Lipinski definition) is 0. The van der Waals surface area contributed by atoms with Crippen molar-refractivity contribution in [1.29, 1.82) is 0 Å². The van der Waals surface area contributed by atoms with Gasteiger partial charge in [0.2, 0.25) is 5.91 Å². The van der Waals surface area contributed by atoms with Crippen LogP contribution in [0.5, 0.6) is 5.75 Å². The summed E-state index contributed by atoms with van der Waals surface area (Å²) >= 11 is 1.42. The Hall–Kier alpha value is -2.75. The van der Waals surface area contributed by atoms with E-state index >= 15 is 0 Å². The van der Waals surface area contributed by atoms with Crippen molar-refractivity contribution in [2.45, 2.75) is 25.0 Å². The van der Waals surface area contributed by atoms with Crippen molar-refractivity contribution >= 4 is 28.6 Å². The zero-order chi connectivity index (χ0) is 23.9. The topological polar surface area (TPSA) is 67.8 Å². The molecule has 1 aliphatic heterocycles. The number of amides is 1. The van der Waals surface area contributed by atoms with Crippen molar-refractivity contribution in [3.63, 3.8) is 0 Å². The second-order valence-electron chi connectivity index (χ2n) is 8.02. The van der Waals surface area contributed by atoms with Gasteiger partial charge < -0.3 is 14.4 Å².